The smallest absolute Gasteiger partial charge is 0.347 e. The number of hydrogen-bond acceptors (Lipinski definition) is 6. The van der Waals surface area contributed by atoms with Gasteiger partial charge in [-0.25, -0.2) is 9.97 Å². The average molecular weight is 349 g/mol. The van der Waals surface area contributed by atoms with Crippen molar-refractivity contribution in [2.75, 3.05) is 5.32 Å². The topological polar surface area (TPSA) is 81.4 Å². The molecule has 0 amide bonds. The number of aromatic nitrogens is 6. The summed E-state index contributed by atoms with van der Waals surface area (Å²) in [6.07, 6.45) is -3.91. The predicted octanol–water partition coefficient (Wildman–Crippen LogP) is 2.56. The first-order valence-corrected chi connectivity index (χ1v) is 7.46. The molecule has 0 saturated carbocycles. The molecule has 0 saturated heterocycles. The van der Waals surface area contributed by atoms with Crippen LogP contribution < -0.4 is 5.32 Å². The van der Waals surface area contributed by atoms with Gasteiger partial charge in [0.1, 0.15) is 0 Å². The van der Waals surface area contributed by atoms with Gasteiger partial charge in [0.05, 0.1) is 12.2 Å². The van der Waals surface area contributed by atoms with E-state index in [1.165, 1.54) is 12.3 Å². The van der Waals surface area contributed by atoms with Gasteiger partial charge in [-0.2, -0.15) is 17.9 Å². The highest BCUT2D eigenvalue weighted by Crippen LogP contribution is 2.21. The predicted molar refractivity (Wildman–Crippen MR) is 82.9 cm³/mol. The number of nitrogens with one attached hydrogen (secondary N) is 1. The van der Waals surface area contributed by atoms with Gasteiger partial charge in [-0.1, -0.05) is 18.2 Å². The van der Waals surface area contributed by atoms with Gasteiger partial charge in [0, 0.05) is 18.3 Å². The molecule has 0 atom stereocenters. The number of rotatable bonds is 6. The minimum atomic E-state index is -4.21. The first-order chi connectivity index (χ1) is 12.0. The Kier molecular flexibility index (Phi) is 4.87. The van der Waals surface area contributed by atoms with Crippen LogP contribution in [0.5, 0.6) is 0 Å². The van der Waals surface area contributed by atoms with Crippen LogP contribution >= 0.6 is 0 Å². The summed E-state index contributed by atoms with van der Waals surface area (Å²) in [5.41, 5.74) is 1.11. The third-order valence-electron chi connectivity index (χ3n) is 3.32. The molecule has 3 aromatic rings. The molecule has 0 aliphatic heterocycles. The van der Waals surface area contributed by atoms with Crippen molar-refractivity contribution >= 4 is 5.95 Å². The third-order valence-corrected chi connectivity index (χ3v) is 3.32. The fraction of sp³-hybridized carbons (Fsp3) is 0.267. The SMILES string of the molecule is FC(F)(F)CCc1ccnc(NCc2nnnn2-c2ccccc2)n1. The maximum absolute atomic E-state index is 12.3. The normalized spacial score (nSPS) is 11.5. The van der Waals surface area contributed by atoms with Crippen LogP contribution in [-0.2, 0) is 13.0 Å². The average Bonchev–Trinajstić information content (AvgIpc) is 3.07. The van der Waals surface area contributed by atoms with E-state index in [0.29, 0.717) is 11.5 Å². The number of hydrogen-bond donors (Lipinski definition) is 1. The molecule has 0 unspecified atom stereocenters. The van der Waals surface area contributed by atoms with Crippen LogP contribution in [0.1, 0.15) is 17.9 Å². The monoisotopic (exact) mass is 349 g/mol. The minimum absolute atomic E-state index is 0.192. The lowest BCUT2D eigenvalue weighted by atomic mass is 10.2. The Morgan fingerprint density at radius 1 is 1.08 bits per heavy atom. The van der Waals surface area contributed by atoms with Crippen LogP contribution in [0.15, 0.2) is 42.6 Å². The van der Waals surface area contributed by atoms with Gasteiger partial charge in [-0.3, -0.25) is 0 Å². The molecule has 0 aliphatic carbocycles. The number of alkyl halides is 3. The highest BCUT2D eigenvalue weighted by Gasteiger charge is 2.26. The van der Waals surface area contributed by atoms with Gasteiger partial charge < -0.3 is 5.32 Å². The second kappa shape index (κ2) is 7.24. The summed E-state index contributed by atoms with van der Waals surface area (Å²) in [4.78, 5) is 8.08. The van der Waals surface area contributed by atoms with Crippen molar-refractivity contribution in [2.45, 2.75) is 25.6 Å². The fourth-order valence-corrected chi connectivity index (χ4v) is 2.13. The second-order valence-electron chi connectivity index (χ2n) is 5.18. The first kappa shape index (κ1) is 16.8. The number of benzene rings is 1. The molecule has 0 spiro atoms. The van der Waals surface area contributed by atoms with E-state index in [9.17, 15) is 13.2 Å². The summed E-state index contributed by atoms with van der Waals surface area (Å²) in [5.74, 6) is 0.748. The molecule has 130 valence electrons. The molecule has 0 aliphatic rings. The molecule has 3 rings (SSSR count). The van der Waals surface area contributed by atoms with Gasteiger partial charge in [0.25, 0.3) is 0 Å². The molecule has 1 aromatic carbocycles. The zero-order valence-electron chi connectivity index (χ0n) is 13.0. The molecule has 2 aromatic heterocycles. The van der Waals surface area contributed by atoms with Crippen molar-refractivity contribution in [2.24, 2.45) is 0 Å². The minimum Gasteiger partial charge on any atom is -0.347 e. The van der Waals surface area contributed by atoms with Crippen LogP contribution in [0.4, 0.5) is 19.1 Å². The largest absolute Gasteiger partial charge is 0.389 e. The quantitative estimate of drug-likeness (QED) is 0.737. The Morgan fingerprint density at radius 3 is 2.64 bits per heavy atom. The molecule has 10 heteroatoms. The molecular weight excluding hydrogens is 335 g/mol. The summed E-state index contributed by atoms with van der Waals surface area (Å²) in [7, 11) is 0. The van der Waals surface area contributed by atoms with Crippen LogP contribution in [0, 0.1) is 0 Å². The van der Waals surface area contributed by atoms with Crippen LogP contribution in [0.25, 0.3) is 5.69 Å². The van der Waals surface area contributed by atoms with E-state index in [0.717, 1.165) is 5.69 Å². The van der Waals surface area contributed by atoms with Crippen molar-refractivity contribution in [3.8, 4) is 5.69 Å². The van der Waals surface area contributed by atoms with Gasteiger partial charge in [-0.05, 0) is 35.0 Å². The molecule has 0 fully saturated rings. The maximum atomic E-state index is 12.3. The molecule has 0 radical (unpaired) electrons. The summed E-state index contributed by atoms with van der Waals surface area (Å²) >= 11 is 0. The lowest BCUT2D eigenvalue weighted by Crippen LogP contribution is -2.12. The van der Waals surface area contributed by atoms with E-state index in [4.69, 9.17) is 0 Å². The number of aryl methyl sites for hydroxylation is 1. The summed E-state index contributed by atoms with van der Waals surface area (Å²) in [6, 6.07) is 10.8. The number of para-hydroxylation sites is 1. The Morgan fingerprint density at radius 2 is 1.88 bits per heavy atom. The van der Waals surface area contributed by atoms with Gasteiger partial charge in [0.2, 0.25) is 5.95 Å². The molecule has 2 heterocycles. The highest BCUT2D eigenvalue weighted by atomic mass is 19.4. The van der Waals surface area contributed by atoms with Crippen molar-refractivity contribution in [1.82, 2.24) is 30.2 Å². The Bertz CT molecular complexity index is 817. The first-order valence-electron chi connectivity index (χ1n) is 7.46. The number of anilines is 1. The van der Waals surface area contributed by atoms with E-state index < -0.39 is 12.6 Å². The Balaban J connectivity index is 1.66. The second-order valence-corrected chi connectivity index (χ2v) is 5.18. The Hall–Kier alpha value is -3.04. The number of halogens is 3. The zero-order chi connectivity index (χ0) is 17.7. The summed E-state index contributed by atoms with van der Waals surface area (Å²) in [5, 5.41) is 14.4. The van der Waals surface area contributed by atoms with Crippen LogP contribution in [0.2, 0.25) is 0 Å². The Labute approximate surface area is 140 Å². The van der Waals surface area contributed by atoms with Crippen LogP contribution in [0.3, 0.4) is 0 Å². The highest BCUT2D eigenvalue weighted by molar-refractivity contribution is 5.32. The molecular formula is C15H14F3N7. The van der Waals surface area contributed by atoms with Gasteiger partial charge in [-0.15, -0.1) is 5.10 Å². The zero-order valence-corrected chi connectivity index (χ0v) is 13.0. The molecule has 1 N–H and O–H groups in total. The summed E-state index contributed by atoms with van der Waals surface area (Å²) < 4.78 is 38.4. The van der Waals surface area contributed by atoms with Crippen molar-refractivity contribution in [3.63, 3.8) is 0 Å². The van der Waals surface area contributed by atoms with Gasteiger partial charge in [0.15, 0.2) is 5.82 Å². The number of tetrazole rings is 1. The van der Waals surface area contributed by atoms with E-state index >= 15 is 0 Å². The van der Waals surface area contributed by atoms with E-state index in [-0.39, 0.29) is 18.9 Å². The lowest BCUT2D eigenvalue weighted by Gasteiger charge is -2.08. The molecule has 25 heavy (non-hydrogen) atoms. The molecule has 7 nitrogen and oxygen atoms in total. The van der Waals surface area contributed by atoms with Crippen molar-refractivity contribution in [1.29, 1.82) is 0 Å². The molecule has 0 bridgehead atoms. The number of nitrogens with zero attached hydrogens (tertiary/aromatic N) is 6. The third kappa shape index (κ3) is 4.72. The van der Waals surface area contributed by atoms with E-state index in [2.05, 4.69) is 30.8 Å². The lowest BCUT2D eigenvalue weighted by molar-refractivity contribution is -0.134. The van der Waals surface area contributed by atoms with Gasteiger partial charge >= 0.3 is 6.18 Å². The van der Waals surface area contributed by atoms with Crippen molar-refractivity contribution in [3.05, 3.63) is 54.1 Å². The maximum Gasteiger partial charge on any atom is 0.389 e. The van der Waals surface area contributed by atoms with Crippen LogP contribution in [-0.4, -0.2) is 36.4 Å². The standard InChI is InChI=1S/C15H14F3N7/c16-15(17,18)8-6-11-7-9-19-14(21-11)20-10-13-22-23-24-25(13)12-4-2-1-3-5-12/h1-5,7,9H,6,8,10H2,(H,19,20,21). The van der Waals surface area contributed by atoms with E-state index in [1.807, 2.05) is 30.3 Å². The summed E-state index contributed by atoms with van der Waals surface area (Å²) in [6.45, 7) is 0.227. The van der Waals surface area contributed by atoms with Crippen molar-refractivity contribution < 1.29 is 13.2 Å². The fourth-order valence-electron chi connectivity index (χ4n) is 2.13. The van der Waals surface area contributed by atoms with E-state index in [1.54, 1.807) is 4.68 Å².